The number of phenols is 1. The van der Waals surface area contributed by atoms with Crippen LogP contribution >= 0.6 is 0 Å². The van der Waals surface area contributed by atoms with Crippen LogP contribution in [0.2, 0.25) is 0 Å². The van der Waals surface area contributed by atoms with Crippen molar-refractivity contribution < 1.29 is 14.3 Å². The van der Waals surface area contributed by atoms with Gasteiger partial charge in [-0.05, 0) is 36.2 Å². The van der Waals surface area contributed by atoms with Crippen LogP contribution in [0.25, 0.3) is 0 Å². The smallest absolute Gasteiger partial charge is 0.229 e. The number of hydrogen-bond donors (Lipinski definition) is 2. The number of nitrogens with one attached hydrogen (secondary N) is 1. The number of carbonyl (C=O) groups excluding carboxylic acids is 1. The van der Waals surface area contributed by atoms with E-state index in [-0.39, 0.29) is 18.1 Å². The monoisotopic (exact) mass is 259 g/mol. The molecule has 3 nitrogen and oxygen atoms in total. The third kappa shape index (κ3) is 3.31. The van der Waals surface area contributed by atoms with Crippen molar-refractivity contribution in [1.29, 1.82) is 0 Å². The van der Waals surface area contributed by atoms with E-state index in [0.29, 0.717) is 11.3 Å². The molecule has 2 aromatic carbocycles. The van der Waals surface area contributed by atoms with Crippen molar-refractivity contribution in [3.63, 3.8) is 0 Å². The second-order valence-corrected chi connectivity index (χ2v) is 4.34. The Hall–Kier alpha value is -2.36. The van der Waals surface area contributed by atoms with Crippen LogP contribution < -0.4 is 5.32 Å². The Bertz CT molecular complexity index is 611. The van der Waals surface area contributed by atoms with Gasteiger partial charge in [-0.2, -0.15) is 0 Å². The summed E-state index contributed by atoms with van der Waals surface area (Å²) in [6.45, 7) is 1.84. The Labute approximate surface area is 110 Å². The van der Waals surface area contributed by atoms with Gasteiger partial charge in [0.05, 0.1) is 12.1 Å². The molecule has 0 aliphatic rings. The van der Waals surface area contributed by atoms with Crippen molar-refractivity contribution in [3.05, 3.63) is 59.4 Å². The van der Waals surface area contributed by atoms with Crippen LogP contribution in [0.1, 0.15) is 11.1 Å². The molecule has 0 heterocycles. The van der Waals surface area contributed by atoms with Crippen LogP contribution in [0.3, 0.4) is 0 Å². The highest BCUT2D eigenvalue weighted by atomic mass is 19.1. The van der Waals surface area contributed by atoms with Crippen LogP contribution in [0.5, 0.6) is 5.75 Å². The maximum Gasteiger partial charge on any atom is 0.229 e. The summed E-state index contributed by atoms with van der Waals surface area (Å²) >= 11 is 0. The van der Waals surface area contributed by atoms with Crippen molar-refractivity contribution in [2.75, 3.05) is 5.32 Å². The number of carbonyl (C=O) groups is 1. The molecule has 0 unspecified atom stereocenters. The van der Waals surface area contributed by atoms with Gasteiger partial charge in [-0.1, -0.05) is 24.3 Å². The van der Waals surface area contributed by atoms with E-state index >= 15 is 0 Å². The van der Waals surface area contributed by atoms with Crippen LogP contribution in [-0.2, 0) is 11.2 Å². The van der Waals surface area contributed by atoms with Crippen molar-refractivity contribution in [1.82, 2.24) is 0 Å². The van der Waals surface area contributed by atoms with Gasteiger partial charge in [0, 0.05) is 0 Å². The number of aryl methyl sites for hydroxylation is 1. The van der Waals surface area contributed by atoms with Crippen LogP contribution in [-0.4, -0.2) is 11.0 Å². The lowest BCUT2D eigenvalue weighted by Gasteiger charge is -2.08. The van der Waals surface area contributed by atoms with Crippen molar-refractivity contribution >= 4 is 11.6 Å². The number of benzene rings is 2. The molecule has 19 heavy (non-hydrogen) atoms. The highest BCUT2D eigenvalue weighted by Crippen LogP contribution is 2.24. The number of anilines is 1. The minimum absolute atomic E-state index is 0.00174. The van der Waals surface area contributed by atoms with Crippen LogP contribution in [0.4, 0.5) is 10.1 Å². The predicted molar refractivity (Wildman–Crippen MR) is 71.6 cm³/mol. The molecule has 0 radical (unpaired) electrons. The lowest BCUT2D eigenvalue weighted by Crippen LogP contribution is -2.15. The van der Waals surface area contributed by atoms with E-state index in [4.69, 9.17) is 0 Å². The third-order valence-corrected chi connectivity index (χ3v) is 2.74. The quantitative estimate of drug-likeness (QED) is 0.832. The number of aromatic hydroxyl groups is 1. The molecule has 98 valence electrons. The number of hydrogen-bond acceptors (Lipinski definition) is 2. The predicted octanol–water partition coefficient (Wildman–Crippen LogP) is 3.02. The molecule has 0 bridgehead atoms. The summed E-state index contributed by atoms with van der Waals surface area (Å²) in [4.78, 5) is 11.8. The van der Waals surface area contributed by atoms with Gasteiger partial charge in [0.2, 0.25) is 5.91 Å². The Balaban J connectivity index is 2.08. The first-order valence-corrected chi connectivity index (χ1v) is 5.89. The summed E-state index contributed by atoms with van der Waals surface area (Å²) in [6, 6.07) is 11.1. The van der Waals surface area contributed by atoms with E-state index in [0.717, 1.165) is 5.56 Å². The molecular formula is C15H14FNO2. The van der Waals surface area contributed by atoms with E-state index in [1.54, 1.807) is 36.4 Å². The molecule has 0 saturated carbocycles. The first-order chi connectivity index (χ1) is 9.06. The summed E-state index contributed by atoms with van der Waals surface area (Å²) in [5, 5.41) is 12.2. The molecule has 2 rings (SSSR count). The fourth-order valence-electron chi connectivity index (χ4n) is 1.76. The van der Waals surface area contributed by atoms with E-state index in [1.807, 2.05) is 6.92 Å². The molecule has 0 atom stereocenters. The van der Waals surface area contributed by atoms with E-state index in [9.17, 15) is 14.3 Å². The van der Waals surface area contributed by atoms with Crippen molar-refractivity contribution in [2.45, 2.75) is 13.3 Å². The molecule has 0 aliphatic heterocycles. The molecule has 2 N–H and O–H groups in total. The fourth-order valence-corrected chi connectivity index (χ4v) is 1.76. The molecule has 4 heteroatoms. The van der Waals surface area contributed by atoms with Gasteiger partial charge in [-0.3, -0.25) is 4.79 Å². The highest BCUT2D eigenvalue weighted by molar-refractivity contribution is 5.93. The Morgan fingerprint density at radius 3 is 2.68 bits per heavy atom. The third-order valence-electron chi connectivity index (χ3n) is 2.74. The molecule has 0 aliphatic carbocycles. The van der Waals surface area contributed by atoms with Gasteiger partial charge in [0.15, 0.2) is 0 Å². The lowest BCUT2D eigenvalue weighted by atomic mass is 10.1. The van der Waals surface area contributed by atoms with Crippen molar-refractivity contribution in [2.24, 2.45) is 0 Å². The molecule has 2 aromatic rings. The van der Waals surface area contributed by atoms with Gasteiger partial charge >= 0.3 is 0 Å². The van der Waals surface area contributed by atoms with E-state index < -0.39 is 5.82 Å². The molecule has 1 amide bonds. The average Bonchev–Trinajstić information content (AvgIpc) is 2.36. The van der Waals surface area contributed by atoms with Crippen LogP contribution in [0, 0.1) is 12.7 Å². The normalized spacial score (nSPS) is 10.2. The summed E-state index contributed by atoms with van der Waals surface area (Å²) in [5.41, 5.74) is 1.54. The molecule has 0 aromatic heterocycles. The largest absolute Gasteiger partial charge is 0.506 e. The fraction of sp³-hybridized carbons (Fsp3) is 0.133. The second kappa shape index (κ2) is 5.52. The van der Waals surface area contributed by atoms with E-state index in [1.165, 1.54) is 6.07 Å². The maximum atomic E-state index is 13.4. The minimum atomic E-state index is -0.411. The van der Waals surface area contributed by atoms with Gasteiger partial charge in [-0.25, -0.2) is 4.39 Å². The summed E-state index contributed by atoms with van der Waals surface area (Å²) in [5.74, 6) is -0.781. The SMILES string of the molecule is Cc1ccc(NC(=O)Cc2ccccc2F)c(O)c1. The second-order valence-electron chi connectivity index (χ2n) is 4.34. The van der Waals surface area contributed by atoms with Gasteiger partial charge in [-0.15, -0.1) is 0 Å². The summed E-state index contributed by atoms with van der Waals surface area (Å²) in [7, 11) is 0. The number of halogens is 1. The first-order valence-electron chi connectivity index (χ1n) is 5.89. The zero-order chi connectivity index (χ0) is 13.8. The summed E-state index contributed by atoms with van der Waals surface area (Å²) in [6.07, 6.45) is -0.0695. The Morgan fingerprint density at radius 1 is 1.26 bits per heavy atom. The maximum absolute atomic E-state index is 13.4. The molecule has 0 saturated heterocycles. The molecular weight excluding hydrogens is 245 g/mol. The average molecular weight is 259 g/mol. The molecule has 0 fully saturated rings. The standard InChI is InChI=1S/C15H14FNO2/c1-10-6-7-13(14(18)8-10)17-15(19)9-11-4-2-3-5-12(11)16/h2-8,18H,9H2,1H3,(H,17,19). The first kappa shape index (κ1) is 13.1. The topological polar surface area (TPSA) is 49.3 Å². The van der Waals surface area contributed by atoms with Gasteiger partial charge in [0.1, 0.15) is 11.6 Å². The van der Waals surface area contributed by atoms with E-state index in [2.05, 4.69) is 5.32 Å². The highest BCUT2D eigenvalue weighted by Gasteiger charge is 2.09. The lowest BCUT2D eigenvalue weighted by molar-refractivity contribution is -0.115. The Kier molecular flexibility index (Phi) is 3.80. The molecule has 0 spiro atoms. The Morgan fingerprint density at radius 2 is 2.00 bits per heavy atom. The summed E-state index contributed by atoms with van der Waals surface area (Å²) < 4.78 is 13.4. The zero-order valence-electron chi connectivity index (χ0n) is 10.5. The number of phenolic OH excluding ortho intramolecular Hbond substituents is 1. The minimum Gasteiger partial charge on any atom is -0.506 e. The zero-order valence-corrected chi connectivity index (χ0v) is 10.5. The van der Waals surface area contributed by atoms with Gasteiger partial charge in [0.25, 0.3) is 0 Å². The number of rotatable bonds is 3. The van der Waals surface area contributed by atoms with Crippen molar-refractivity contribution in [3.8, 4) is 5.75 Å². The van der Waals surface area contributed by atoms with Crippen LogP contribution in [0.15, 0.2) is 42.5 Å². The number of amides is 1. The van der Waals surface area contributed by atoms with Gasteiger partial charge < -0.3 is 10.4 Å².